The number of rotatable bonds is 4. The van der Waals surface area contributed by atoms with Crippen molar-refractivity contribution in [2.75, 3.05) is 57.8 Å². The van der Waals surface area contributed by atoms with Gasteiger partial charge in [0.15, 0.2) is 0 Å². The van der Waals surface area contributed by atoms with Gasteiger partial charge >= 0.3 is 6.09 Å². The van der Waals surface area contributed by atoms with Gasteiger partial charge in [0.1, 0.15) is 29.7 Å². The van der Waals surface area contributed by atoms with Crippen LogP contribution in [0.4, 0.5) is 10.6 Å². The van der Waals surface area contributed by atoms with Crippen molar-refractivity contribution in [1.82, 2.24) is 20.1 Å². The summed E-state index contributed by atoms with van der Waals surface area (Å²) < 4.78 is 12.0. The molecule has 3 atom stereocenters. The summed E-state index contributed by atoms with van der Waals surface area (Å²) in [5.41, 5.74) is 2.23. The van der Waals surface area contributed by atoms with Gasteiger partial charge in [0, 0.05) is 44.3 Å². The first-order valence-corrected chi connectivity index (χ1v) is 13.8. The molecular formula is C28H44N6O3. The van der Waals surface area contributed by atoms with Crippen LogP contribution in [0.25, 0.3) is 0 Å². The molecule has 1 aromatic heterocycles. The van der Waals surface area contributed by atoms with E-state index in [0.717, 1.165) is 56.0 Å². The molecule has 0 unspecified atom stereocenters. The number of carbonyl (C=O) groups is 1. The molecule has 0 aliphatic carbocycles. The summed E-state index contributed by atoms with van der Waals surface area (Å²) in [7, 11) is 2.13. The third-order valence-electron chi connectivity index (χ3n) is 7.49. The molecule has 1 aromatic rings. The number of nitrogens with zero attached hydrogens (tertiary/aromatic N) is 5. The highest BCUT2D eigenvalue weighted by Gasteiger charge is 2.32. The van der Waals surface area contributed by atoms with Crippen molar-refractivity contribution >= 4 is 11.9 Å². The van der Waals surface area contributed by atoms with Crippen LogP contribution >= 0.6 is 0 Å². The zero-order valence-corrected chi connectivity index (χ0v) is 23.5. The zero-order chi connectivity index (χ0) is 26.7. The quantitative estimate of drug-likeness (QED) is 0.656. The fraction of sp³-hybridized carbons (Fsp3) is 0.750. The van der Waals surface area contributed by atoms with Gasteiger partial charge in [-0.15, -0.1) is 0 Å². The lowest BCUT2D eigenvalue weighted by Gasteiger charge is -2.39. The summed E-state index contributed by atoms with van der Waals surface area (Å²) in [5, 5.41) is 13.5. The molecule has 4 heterocycles. The van der Waals surface area contributed by atoms with Gasteiger partial charge in [0.2, 0.25) is 5.88 Å². The number of fused-ring (bicyclic) bond motifs is 1. The molecule has 0 bridgehead atoms. The number of nitrogens with one attached hydrogen (secondary N) is 1. The number of hydrogen-bond acceptors (Lipinski definition) is 8. The summed E-state index contributed by atoms with van der Waals surface area (Å²) >= 11 is 0. The second-order valence-corrected chi connectivity index (χ2v) is 12.2. The van der Waals surface area contributed by atoms with E-state index >= 15 is 0 Å². The van der Waals surface area contributed by atoms with Crippen LogP contribution in [-0.4, -0.2) is 85.4 Å². The highest BCUT2D eigenvalue weighted by atomic mass is 16.6. The SMILES string of the molecule is C[C@@H]1CN(C(=O)OC(C)(C)C)C[C@H](C)CN(c2nc(OC[C@@H]3CCCN3C)c(C#N)c3c2CCNC3)C1. The van der Waals surface area contributed by atoms with Crippen LogP contribution in [-0.2, 0) is 17.7 Å². The van der Waals surface area contributed by atoms with Gasteiger partial charge in [0.25, 0.3) is 0 Å². The van der Waals surface area contributed by atoms with E-state index in [1.807, 2.05) is 25.7 Å². The number of amides is 1. The fourth-order valence-electron chi connectivity index (χ4n) is 5.78. The second-order valence-electron chi connectivity index (χ2n) is 12.2. The van der Waals surface area contributed by atoms with E-state index in [4.69, 9.17) is 14.5 Å². The summed E-state index contributed by atoms with van der Waals surface area (Å²) in [6.07, 6.45) is 2.87. The van der Waals surface area contributed by atoms with Gasteiger partial charge in [-0.3, -0.25) is 0 Å². The molecule has 9 heteroatoms. The monoisotopic (exact) mass is 512 g/mol. The molecule has 0 aromatic carbocycles. The molecule has 0 spiro atoms. The van der Waals surface area contributed by atoms with E-state index in [0.29, 0.717) is 43.7 Å². The van der Waals surface area contributed by atoms with Crippen molar-refractivity contribution < 1.29 is 14.3 Å². The Balaban J connectivity index is 1.60. The minimum atomic E-state index is -0.513. The number of likely N-dealkylation sites (N-methyl/N-ethyl adjacent to an activating group) is 1. The predicted octanol–water partition coefficient (Wildman–Crippen LogP) is 3.40. The number of aromatic nitrogens is 1. The number of ether oxygens (including phenoxy) is 2. The maximum absolute atomic E-state index is 12.9. The summed E-state index contributed by atoms with van der Waals surface area (Å²) in [5.74, 6) is 1.85. The average molecular weight is 513 g/mol. The lowest BCUT2D eigenvalue weighted by Crippen LogP contribution is -2.48. The molecule has 3 aliphatic rings. The molecule has 1 N–H and O–H groups in total. The molecule has 37 heavy (non-hydrogen) atoms. The zero-order valence-electron chi connectivity index (χ0n) is 23.5. The van der Waals surface area contributed by atoms with Crippen molar-refractivity contribution in [2.24, 2.45) is 11.8 Å². The number of nitriles is 1. The molecule has 4 rings (SSSR count). The third kappa shape index (κ3) is 6.66. The minimum absolute atomic E-state index is 0.228. The molecule has 204 valence electrons. The maximum Gasteiger partial charge on any atom is 0.410 e. The number of carbonyl (C=O) groups excluding carboxylic acids is 1. The molecule has 3 aliphatic heterocycles. The maximum atomic E-state index is 12.9. The van der Waals surface area contributed by atoms with Crippen molar-refractivity contribution in [1.29, 1.82) is 5.26 Å². The first kappa shape index (κ1) is 27.5. The standard InChI is InChI=1S/C28H44N6O3/c1-19-14-33(15-20(2)17-34(16-19)27(35)37-28(3,4)5)25-22-9-10-30-13-24(22)23(12-29)26(31-25)36-18-21-8-7-11-32(21)6/h19-21,30H,7-11,13-18H2,1-6H3/t19-,20+,21-/m0/s1. The normalized spacial score (nSPS) is 25.2. The van der Waals surface area contributed by atoms with Crippen LogP contribution in [0, 0.1) is 23.2 Å². The summed E-state index contributed by atoms with van der Waals surface area (Å²) in [4.78, 5) is 24.4. The Morgan fingerprint density at radius 3 is 2.46 bits per heavy atom. The Morgan fingerprint density at radius 1 is 1.16 bits per heavy atom. The van der Waals surface area contributed by atoms with Crippen LogP contribution in [0.2, 0.25) is 0 Å². The van der Waals surface area contributed by atoms with E-state index in [-0.39, 0.29) is 17.9 Å². The van der Waals surface area contributed by atoms with Gasteiger partial charge in [-0.1, -0.05) is 13.8 Å². The van der Waals surface area contributed by atoms with Gasteiger partial charge < -0.3 is 29.5 Å². The van der Waals surface area contributed by atoms with Crippen LogP contribution in [0.3, 0.4) is 0 Å². The number of anilines is 1. The Labute approximate surface area is 222 Å². The highest BCUT2D eigenvalue weighted by Crippen LogP contribution is 2.34. The van der Waals surface area contributed by atoms with E-state index in [2.05, 4.69) is 42.1 Å². The number of pyridine rings is 1. The van der Waals surface area contributed by atoms with Crippen LogP contribution in [0.1, 0.15) is 64.2 Å². The van der Waals surface area contributed by atoms with Crippen molar-refractivity contribution in [3.05, 3.63) is 16.7 Å². The van der Waals surface area contributed by atoms with Gasteiger partial charge in [-0.2, -0.15) is 10.2 Å². The Morgan fingerprint density at radius 2 is 1.86 bits per heavy atom. The molecule has 0 saturated carbocycles. The average Bonchev–Trinajstić information content (AvgIpc) is 3.23. The molecular weight excluding hydrogens is 468 g/mol. The number of likely N-dealkylation sites (tertiary alicyclic amines) is 1. The van der Waals surface area contributed by atoms with E-state index in [1.54, 1.807) is 0 Å². The van der Waals surface area contributed by atoms with Crippen molar-refractivity contribution in [3.8, 4) is 11.9 Å². The molecule has 9 nitrogen and oxygen atoms in total. The van der Waals surface area contributed by atoms with E-state index in [1.165, 1.54) is 6.42 Å². The van der Waals surface area contributed by atoms with Gasteiger partial charge in [-0.05, 0) is 77.6 Å². The molecule has 2 fully saturated rings. The van der Waals surface area contributed by atoms with E-state index in [9.17, 15) is 10.1 Å². The lowest BCUT2D eigenvalue weighted by molar-refractivity contribution is 0.0189. The topological polar surface area (TPSA) is 94.0 Å². The minimum Gasteiger partial charge on any atom is -0.475 e. The highest BCUT2D eigenvalue weighted by molar-refractivity contribution is 5.68. The van der Waals surface area contributed by atoms with Crippen LogP contribution < -0.4 is 15.0 Å². The number of hydrogen-bond donors (Lipinski definition) is 1. The first-order chi connectivity index (χ1) is 17.6. The summed E-state index contributed by atoms with van der Waals surface area (Å²) in [6, 6.07) is 2.75. The lowest BCUT2D eigenvalue weighted by atomic mass is 9.96. The predicted molar refractivity (Wildman–Crippen MR) is 144 cm³/mol. The van der Waals surface area contributed by atoms with E-state index < -0.39 is 5.60 Å². The largest absolute Gasteiger partial charge is 0.475 e. The van der Waals surface area contributed by atoms with Crippen molar-refractivity contribution in [3.63, 3.8) is 0 Å². The molecule has 0 radical (unpaired) electrons. The van der Waals surface area contributed by atoms with Crippen LogP contribution in [0.15, 0.2) is 0 Å². The smallest absolute Gasteiger partial charge is 0.410 e. The van der Waals surface area contributed by atoms with Crippen LogP contribution in [0.5, 0.6) is 5.88 Å². The third-order valence-corrected chi connectivity index (χ3v) is 7.49. The Hall–Kier alpha value is -2.57. The molecule has 1 amide bonds. The fourth-order valence-corrected chi connectivity index (χ4v) is 5.78. The van der Waals surface area contributed by atoms with Gasteiger partial charge in [-0.25, -0.2) is 4.79 Å². The molecule has 2 saturated heterocycles. The Kier molecular flexibility index (Phi) is 8.49. The summed E-state index contributed by atoms with van der Waals surface area (Å²) in [6.45, 7) is 16.0. The second kappa shape index (κ2) is 11.4. The van der Waals surface area contributed by atoms with Gasteiger partial charge in [0.05, 0.1) is 0 Å². The Bertz CT molecular complexity index is 1000. The first-order valence-electron chi connectivity index (χ1n) is 13.8. The van der Waals surface area contributed by atoms with Crippen molar-refractivity contribution in [2.45, 2.75) is 72.1 Å².